The predicted octanol–water partition coefficient (Wildman–Crippen LogP) is 1.96. The summed E-state index contributed by atoms with van der Waals surface area (Å²) in [6, 6.07) is 2.23. The van der Waals surface area contributed by atoms with Crippen LogP contribution in [0.2, 0.25) is 0 Å². The van der Waals surface area contributed by atoms with Crippen LogP contribution in [-0.4, -0.2) is 35.3 Å². The van der Waals surface area contributed by atoms with E-state index in [0.717, 1.165) is 25.9 Å². The largest absolute Gasteiger partial charge is 0.309 e. The van der Waals surface area contributed by atoms with Gasteiger partial charge in [0.2, 0.25) is 0 Å². The van der Waals surface area contributed by atoms with Gasteiger partial charge in [-0.05, 0) is 46.0 Å². The molecular weight excluding hydrogens is 186 g/mol. The van der Waals surface area contributed by atoms with Crippen LogP contribution >= 0.6 is 0 Å². The summed E-state index contributed by atoms with van der Waals surface area (Å²) in [5.41, 5.74) is 2.59. The fourth-order valence-corrected chi connectivity index (χ4v) is 1.70. The Morgan fingerprint density at radius 3 is 2.53 bits per heavy atom. The summed E-state index contributed by atoms with van der Waals surface area (Å²) in [5, 5.41) is 4.59. The number of hydrogen-bond acceptors (Lipinski definition) is 2. The van der Waals surface area contributed by atoms with Crippen molar-refractivity contribution >= 4 is 0 Å². The van der Waals surface area contributed by atoms with Crippen LogP contribution in [0.15, 0.2) is 6.07 Å². The first-order chi connectivity index (χ1) is 7.17. The lowest BCUT2D eigenvalue weighted by molar-refractivity contribution is 0.378. The average Bonchev–Trinajstić information content (AvgIpc) is 2.60. The second-order valence-corrected chi connectivity index (χ2v) is 4.21. The Labute approximate surface area is 93.1 Å². The van der Waals surface area contributed by atoms with Crippen molar-refractivity contribution in [2.24, 2.45) is 0 Å². The maximum atomic E-state index is 4.59. The van der Waals surface area contributed by atoms with Gasteiger partial charge in [-0.25, -0.2) is 0 Å². The van der Waals surface area contributed by atoms with Crippen LogP contribution in [0, 0.1) is 0 Å². The quantitative estimate of drug-likeness (QED) is 0.714. The minimum Gasteiger partial charge on any atom is -0.309 e. The van der Waals surface area contributed by atoms with Gasteiger partial charge >= 0.3 is 0 Å². The predicted molar refractivity (Wildman–Crippen MR) is 64.2 cm³/mol. The van der Waals surface area contributed by atoms with Crippen molar-refractivity contribution in [2.45, 2.75) is 39.7 Å². The lowest BCUT2D eigenvalue weighted by Crippen LogP contribution is -2.16. The van der Waals surface area contributed by atoms with Gasteiger partial charge in [0.15, 0.2) is 0 Å². The van der Waals surface area contributed by atoms with Crippen LogP contribution in [0.3, 0.4) is 0 Å². The second kappa shape index (κ2) is 5.91. The molecule has 3 nitrogen and oxygen atoms in total. The van der Waals surface area contributed by atoms with Gasteiger partial charge in [0.25, 0.3) is 0 Å². The van der Waals surface area contributed by atoms with Gasteiger partial charge in [-0.3, -0.25) is 4.68 Å². The molecule has 0 amide bonds. The molecule has 0 unspecified atom stereocenters. The van der Waals surface area contributed by atoms with Crippen molar-refractivity contribution in [2.75, 3.05) is 20.6 Å². The third-order valence-electron chi connectivity index (χ3n) is 2.61. The Morgan fingerprint density at radius 2 is 2.00 bits per heavy atom. The fourth-order valence-electron chi connectivity index (χ4n) is 1.70. The molecule has 0 aromatic carbocycles. The molecule has 0 atom stereocenters. The molecule has 0 aliphatic rings. The van der Waals surface area contributed by atoms with Gasteiger partial charge in [0, 0.05) is 12.2 Å². The highest BCUT2D eigenvalue weighted by molar-refractivity contribution is 5.10. The molecule has 15 heavy (non-hydrogen) atoms. The van der Waals surface area contributed by atoms with Gasteiger partial charge in [-0.1, -0.05) is 13.8 Å². The minimum atomic E-state index is 1.04. The van der Waals surface area contributed by atoms with E-state index in [0.29, 0.717) is 0 Å². The van der Waals surface area contributed by atoms with Gasteiger partial charge in [0.05, 0.1) is 5.69 Å². The normalized spacial score (nSPS) is 11.3. The lowest BCUT2D eigenvalue weighted by Gasteiger charge is -2.10. The van der Waals surface area contributed by atoms with Crippen molar-refractivity contribution < 1.29 is 0 Å². The summed E-state index contributed by atoms with van der Waals surface area (Å²) >= 11 is 0. The van der Waals surface area contributed by atoms with E-state index in [1.165, 1.54) is 17.8 Å². The van der Waals surface area contributed by atoms with Crippen LogP contribution in [0.4, 0.5) is 0 Å². The average molecular weight is 209 g/mol. The smallest absolute Gasteiger partial charge is 0.0624 e. The summed E-state index contributed by atoms with van der Waals surface area (Å²) in [6.45, 7) is 6.52. The zero-order chi connectivity index (χ0) is 11.3. The molecule has 0 saturated carbocycles. The summed E-state index contributed by atoms with van der Waals surface area (Å²) in [5.74, 6) is 0. The molecule has 0 N–H and O–H groups in total. The van der Waals surface area contributed by atoms with Crippen molar-refractivity contribution in [3.05, 3.63) is 17.5 Å². The standard InChI is InChI=1S/C12H23N3/c1-5-11-10-12(6-2)15(13-11)9-7-8-14(3)4/h10H,5-9H2,1-4H3. The van der Waals surface area contributed by atoms with Crippen molar-refractivity contribution in [1.82, 2.24) is 14.7 Å². The molecule has 0 fully saturated rings. The molecule has 3 heteroatoms. The topological polar surface area (TPSA) is 21.1 Å². The van der Waals surface area contributed by atoms with Gasteiger partial charge in [-0.2, -0.15) is 5.10 Å². The molecular formula is C12H23N3. The van der Waals surface area contributed by atoms with Crippen LogP contribution in [0.1, 0.15) is 31.7 Å². The Morgan fingerprint density at radius 1 is 1.27 bits per heavy atom. The molecule has 0 saturated heterocycles. The SMILES string of the molecule is CCc1cc(CC)n(CCCN(C)C)n1. The minimum absolute atomic E-state index is 1.04. The number of rotatable bonds is 6. The van der Waals surface area contributed by atoms with Crippen molar-refractivity contribution in [1.29, 1.82) is 0 Å². The Bertz CT molecular complexity index is 289. The highest BCUT2D eigenvalue weighted by Crippen LogP contribution is 2.07. The summed E-state index contributed by atoms with van der Waals surface area (Å²) < 4.78 is 2.17. The third-order valence-corrected chi connectivity index (χ3v) is 2.61. The molecule has 1 aromatic heterocycles. The fraction of sp³-hybridized carbons (Fsp3) is 0.750. The molecule has 0 radical (unpaired) electrons. The third kappa shape index (κ3) is 3.67. The van der Waals surface area contributed by atoms with E-state index in [-0.39, 0.29) is 0 Å². The van der Waals surface area contributed by atoms with Gasteiger partial charge in [0.1, 0.15) is 0 Å². The van der Waals surface area contributed by atoms with E-state index in [4.69, 9.17) is 0 Å². The van der Waals surface area contributed by atoms with Gasteiger partial charge < -0.3 is 4.90 Å². The first kappa shape index (κ1) is 12.2. The highest BCUT2D eigenvalue weighted by atomic mass is 15.3. The van der Waals surface area contributed by atoms with E-state index in [2.05, 4.69) is 48.7 Å². The van der Waals surface area contributed by atoms with Crippen LogP contribution in [-0.2, 0) is 19.4 Å². The first-order valence-corrected chi connectivity index (χ1v) is 5.87. The molecule has 1 aromatic rings. The highest BCUT2D eigenvalue weighted by Gasteiger charge is 2.04. The maximum Gasteiger partial charge on any atom is 0.0624 e. The zero-order valence-electron chi connectivity index (χ0n) is 10.5. The Balaban J connectivity index is 2.54. The van der Waals surface area contributed by atoms with Crippen LogP contribution < -0.4 is 0 Å². The zero-order valence-corrected chi connectivity index (χ0v) is 10.5. The number of aromatic nitrogens is 2. The van der Waals surface area contributed by atoms with Crippen molar-refractivity contribution in [3.63, 3.8) is 0 Å². The summed E-state index contributed by atoms with van der Waals surface area (Å²) in [6.07, 6.45) is 3.29. The summed E-state index contributed by atoms with van der Waals surface area (Å²) in [4.78, 5) is 2.22. The van der Waals surface area contributed by atoms with E-state index in [1.807, 2.05) is 0 Å². The molecule has 86 valence electrons. The van der Waals surface area contributed by atoms with E-state index < -0.39 is 0 Å². The van der Waals surface area contributed by atoms with E-state index >= 15 is 0 Å². The van der Waals surface area contributed by atoms with Crippen LogP contribution in [0.25, 0.3) is 0 Å². The first-order valence-electron chi connectivity index (χ1n) is 5.87. The Kier molecular flexibility index (Phi) is 4.82. The molecule has 0 spiro atoms. The lowest BCUT2D eigenvalue weighted by atomic mass is 10.2. The Hall–Kier alpha value is -0.830. The molecule has 0 aliphatic heterocycles. The number of hydrogen-bond donors (Lipinski definition) is 0. The maximum absolute atomic E-state index is 4.59. The number of nitrogens with zero attached hydrogens (tertiary/aromatic N) is 3. The number of aryl methyl sites for hydroxylation is 3. The van der Waals surface area contributed by atoms with Gasteiger partial charge in [-0.15, -0.1) is 0 Å². The summed E-state index contributed by atoms with van der Waals surface area (Å²) in [7, 11) is 4.22. The molecule has 0 aliphatic carbocycles. The monoisotopic (exact) mass is 209 g/mol. The molecule has 1 rings (SSSR count). The van der Waals surface area contributed by atoms with E-state index in [9.17, 15) is 0 Å². The van der Waals surface area contributed by atoms with E-state index in [1.54, 1.807) is 0 Å². The van der Waals surface area contributed by atoms with Crippen LogP contribution in [0.5, 0.6) is 0 Å². The molecule has 0 bridgehead atoms. The second-order valence-electron chi connectivity index (χ2n) is 4.21. The van der Waals surface area contributed by atoms with Crippen molar-refractivity contribution in [3.8, 4) is 0 Å². The molecule has 1 heterocycles.